The van der Waals surface area contributed by atoms with Gasteiger partial charge >= 0.3 is 0 Å². The third-order valence-electron chi connectivity index (χ3n) is 3.76. The Balaban J connectivity index is 2.16. The molecular weight excluding hydrogens is 314 g/mol. The molecule has 106 valence electrons. The van der Waals surface area contributed by atoms with Gasteiger partial charge in [-0.1, -0.05) is 32.9 Å². The lowest BCUT2D eigenvalue weighted by atomic mass is 9.82. The van der Waals surface area contributed by atoms with Crippen LogP contribution in [0.2, 0.25) is 0 Å². The molecule has 0 spiro atoms. The van der Waals surface area contributed by atoms with Gasteiger partial charge in [0.1, 0.15) is 5.75 Å². The lowest BCUT2D eigenvalue weighted by Gasteiger charge is -2.23. The van der Waals surface area contributed by atoms with E-state index in [9.17, 15) is 0 Å². The van der Waals surface area contributed by atoms with E-state index >= 15 is 0 Å². The highest BCUT2D eigenvalue weighted by molar-refractivity contribution is 9.10. The summed E-state index contributed by atoms with van der Waals surface area (Å²) in [7, 11) is 0. The lowest BCUT2D eigenvalue weighted by molar-refractivity contribution is 0.460. The van der Waals surface area contributed by atoms with Crippen LogP contribution in [0.25, 0.3) is 0 Å². The summed E-state index contributed by atoms with van der Waals surface area (Å²) in [4.78, 5) is 4.25. The van der Waals surface area contributed by atoms with Gasteiger partial charge in [-0.2, -0.15) is 0 Å². The average Bonchev–Trinajstić information content (AvgIpc) is 2.43. The summed E-state index contributed by atoms with van der Waals surface area (Å²) in [5, 5.41) is 0. The van der Waals surface area contributed by atoms with Crippen molar-refractivity contribution >= 4 is 15.9 Å². The number of aryl methyl sites for hydroxylation is 1. The van der Waals surface area contributed by atoms with E-state index in [1.165, 1.54) is 5.56 Å². The van der Waals surface area contributed by atoms with Gasteiger partial charge < -0.3 is 4.74 Å². The normalized spacial score (nSPS) is 11.4. The van der Waals surface area contributed by atoms with Gasteiger partial charge in [-0.3, -0.25) is 0 Å². The topological polar surface area (TPSA) is 22.1 Å². The van der Waals surface area contributed by atoms with Crippen molar-refractivity contribution in [3.8, 4) is 11.6 Å². The molecule has 1 aromatic carbocycles. The summed E-state index contributed by atoms with van der Waals surface area (Å²) >= 11 is 3.44. The summed E-state index contributed by atoms with van der Waals surface area (Å²) in [6.45, 7) is 8.73. The molecule has 1 heterocycles. The quantitative estimate of drug-likeness (QED) is 0.723. The predicted octanol–water partition coefficient (Wildman–Crippen LogP) is 5.63. The minimum Gasteiger partial charge on any atom is -0.439 e. The molecule has 0 aliphatic carbocycles. The number of halogens is 1. The minimum absolute atomic E-state index is 0.199. The second-order valence-corrected chi connectivity index (χ2v) is 6.49. The van der Waals surface area contributed by atoms with Crippen molar-refractivity contribution in [1.82, 2.24) is 4.98 Å². The molecule has 0 saturated carbocycles. The van der Waals surface area contributed by atoms with Gasteiger partial charge in [-0.25, -0.2) is 4.98 Å². The van der Waals surface area contributed by atoms with Crippen molar-refractivity contribution in [3.05, 3.63) is 52.1 Å². The summed E-state index contributed by atoms with van der Waals surface area (Å²) in [5.41, 5.74) is 2.64. The Hall–Kier alpha value is -1.35. The van der Waals surface area contributed by atoms with Crippen LogP contribution in [0.15, 0.2) is 41.0 Å². The maximum Gasteiger partial charge on any atom is 0.219 e. The van der Waals surface area contributed by atoms with E-state index in [4.69, 9.17) is 4.74 Å². The zero-order valence-corrected chi connectivity index (χ0v) is 14.0. The van der Waals surface area contributed by atoms with Gasteiger partial charge in [-0.05, 0) is 57.9 Å². The molecule has 2 nitrogen and oxygen atoms in total. The van der Waals surface area contributed by atoms with E-state index in [2.05, 4.69) is 53.8 Å². The predicted molar refractivity (Wildman–Crippen MR) is 86.5 cm³/mol. The fourth-order valence-electron chi connectivity index (χ4n) is 1.87. The third-order valence-corrected chi connectivity index (χ3v) is 4.59. The highest BCUT2D eigenvalue weighted by Crippen LogP contribution is 2.29. The van der Waals surface area contributed by atoms with Gasteiger partial charge in [-0.15, -0.1) is 0 Å². The number of hydrogen-bond acceptors (Lipinski definition) is 2. The van der Waals surface area contributed by atoms with E-state index in [-0.39, 0.29) is 5.41 Å². The highest BCUT2D eigenvalue weighted by Gasteiger charge is 2.17. The molecule has 1 aromatic heterocycles. The number of nitrogens with zero attached hydrogens (tertiary/aromatic N) is 1. The van der Waals surface area contributed by atoms with Crippen molar-refractivity contribution in [1.29, 1.82) is 0 Å². The first kappa shape index (κ1) is 15.0. The van der Waals surface area contributed by atoms with E-state index in [0.717, 1.165) is 22.2 Å². The van der Waals surface area contributed by atoms with Crippen LogP contribution in [0.1, 0.15) is 38.3 Å². The Kier molecular flexibility index (Phi) is 4.48. The highest BCUT2D eigenvalue weighted by atomic mass is 79.9. The Morgan fingerprint density at radius 1 is 1.20 bits per heavy atom. The van der Waals surface area contributed by atoms with Crippen molar-refractivity contribution in [2.75, 3.05) is 0 Å². The molecule has 0 fully saturated rings. The molecule has 0 N–H and O–H groups in total. The smallest absolute Gasteiger partial charge is 0.219 e. The molecule has 0 aliphatic rings. The molecule has 0 unspecified atom stereocenters. The molecule has 20 heavy (non-hydrogen) atoms. The van der Waals surface area contributed by atoms with Crippen LogP contribution < -0.4 is 4.74 Å². The van der Waals surface area contributed by atoms with Crippen molar-refractivity contribution < 1.29 is 4.74 Å². The summed E-state index contributed by atoms with van der Waals surface area (Å²) in [5.74, 6) is 1.43. The number of aromatic nitrogens is 1. The number of rotatable bonds is 4. The van der Waals surface area contributed by atoms with E-state index < -0.39 is 0 Å². The fraction of sp³-hybridized carbons (Fsp3) is 0.353. The minimum atomic E-state index is 0.199. The standard InChI is InChI=1S/C17H20BrNO/c1-5-17(3,4)13-6-8-14(9-7-13)20-16-10-12(2)15(18)11-19-16/h6-11H,5H2,1-4H3. The number of benzene rings is 1. The van der Waals surface area contributed by atoms with Gasteiger partial charge in [0, 0.05) is 16.7 Å². The molecule has 0 atom stereocenters. The van der Waals surface area contributed by atoms with Crippen molar-refractivity contribution in [2.45, 2.75) is 39.5 Å². The van der Waals surface area contributed by atoms with Crippen LogP contribution in [0.3, 0.4) is 0 Å². The second kappa shape index (κ2) is 5.96. The van der Waals surface area contributed by atoms with Crippen LogP contribution in [0.4, 0.5) is 0 Å². The molecule has 0 radical (unpaired) electrons. The first-order valence-corrected chi connectivity index (χ1v) is 7.62. The van der Waals surface area contributed by atoms with Gasteiger partial charge in [0.25, 0.3) is 0 Å². The number of ether oxygens (including phenoxy) is 1. The molecule has 0 amide bonds. The Bertz CT molecular complexity index is 590. The zero-order chi connectivity index (χ0) is 14.8. The van der Waals surface area contributed by atoms with Crippen molar-refractivity contribution in [2.24, 2.45) is 0 Å². The third kappa shape index (κ3) is 3.40. The SMILES string of the molecule is CCC(C)(C)c1ccc(Oc2cc(C)c(Br)cn2)cc1. The first-order valence-electron chi connectivity index (χ1n) is 6.83. The Morgan fingerprint density at radius 2 is 1.85 bits per heavy atom. The van der Waals surface area contributed by atoms with Gasteiger partial charge in [0.2, 0.25) is 5.88 Å². The van der Waals surface area contributed by atoms with Crippen LogP contribution in [-0.4, -0.2) is 4.98 Å². The Labute approximate surface area is 129 Å². The van der Waals surface area contributed by atoms with E-state index in [0.29, 0.717) is 5.88 Å². The summed E-state index contributed by atoms with van der Waals surface area (Å²) in [6.07, 6.45) is 2.87. The van der Waals surface area contributed by atoms with Gasteiger partial charge in [0.15, 0.2) is 0 Å². The van der Waals surface area contributed by atoms with Crippen LogP contribution >= 0.6 is 15.9 Å². The molecule has 0 bridgehead atoms. The fourth-order valence-corrected chi connectivity index (χ4v) is 2.09. The molecular formula is C17H20BrNO. The Morgan fingerprint density at radius 3 is 2.40 bits per heavy atom. The van der Waals surface area contributed by atoms with Crippen LogP contribution in [-0.2, 0) is 5.41 Å². The second-order valence-electron chi connectivity index (χ2n) is 5.64. The average molecular weight is 334 g/mol. The summed E-state index contributed by atoms with van der Waals surface area (Å²) in [6, 6.07) is 10.2. The van der Waals surface area contributed by atoms with E-state index in [1.807, 2.05) is 25.1 Å². The molecule has 0 saturated heterocycles. The van der Waals surface area contributed by atoms with Crippen LogP contribution in [0, 0.1) is 6.92 Å². The number of pyridine rings is 1. The molecule has 0 aliphatic heterocycles. The number of hydrogen-bond donors (Lipinski definition) is 0. The van der Waals surface area contributed by atoms with Gasteiger partial charge in [0.05, 0.1) is 0 Å². The largest absolute Gasteiger partial charge is 0.439 e. The monoisotopic (exact) mass is 333 g/mol. The van der Waals surface area contributed by atoms with E-state index in [1.54, 1.807) is 6.20 Å². The lowest BCUT2D eigenvalue weighted by Crippen LogP contribution is -2.14. The van der Waals surface area contributed by atoms with Crippen molar-refractivity contribution in [3.63, 3.8) is 0 Å². The maximum atomic E-state index is 5.78. The molecule has 2 rings (SSSR count). The molecule has 2 aromatic rings. The molecule has 3 heteroatoms. The first-order chi connectivity index (χ1) is 9.42. The zero-order valence-electron chi connectivity index (χ0n) is 12.4. The van der Waals surface area contributed by atoms with Crippen LogP contribution in [0.5, 0.6) is 11.6 Å². The maximum absolute atomic E-state index is 5.78. The summed E-state index contributed by atoms with van der Waals surface area (Å²) < 4.78 is 6.77.